The van der Waals surface area contributed by atoms with Gasteiger partial charge in [0.05, 0.1) is 26.5 Å². The lowest BCUT2D eigenvalue weighted by Gasteiger charge is -2.19. The Kier molecular flexibility index (Phi) is 10.0. The summed E-state index contributed by atoms with van der Waals surface area (Å²) in [6.07, 6.45) is 4.09. The van der Waals surface area contributed by atoms with Gasteiger partial charge in [0.1, 0.15) is 5.75 Å². The Hall–Kier alpha value is -3.06. The van der Waals surface area contributed by atoms with Gasteiger partial charge >= 0.3 is 0 Å². The van der Waals surface area contributed by atoms with Crippen molar-refractivity contribution in [1.82, 2.24) is 10.7 Å². The predicted octanol–water partition coefficient (Wildman–Crippen LogP) is 4.82. The SMILES string of the molecule is C=CCNC(=S)N/N=C/c1cccc(OC)c1OCCCOc1ccc(C(C)(C)C)cc1. The first kappa shape index (κ1) is 25.2. The van der Waals surface area contributed by atoms with Crippen LogP contribution in [0.2, 0.25) is 0 Å². The monoisotopic (exact) mass is 455 g/mol. The molecule has 0 aromatic heterocycles. The summed E-state index contributed by atoms with van der Waals surface area (Å²) in [6, 6.07) is 13.9. The number of para-hydroxylation sites is 1. The van der Waals surface area contributed by atoms with Crippen molar-refractivity contribution in [2.75, 3.05) is 26.9 Å². The molecule has 172 valence electrons. The first-order valence-corrected chi connectivity index (χ1v) is 11.0. The maximum Gasteiger partial charge on any atom is 0.187 e. The van der Waals surface area contributed by atoms with Crippen LogP contribution in [0, 0.1) is 0 Å². The minimum atomic E-state index is 0.130. The molecule has 2 rings (SSSR count). The maximum atomic E-state index is 6.00. The molecule has 0 saturated carbocycles. The summed E-state index contributed by atoms with van der Waals surface area (Å²) in [5.74, 6) is 2.12. The molecule has 2 aromatic rings. The van der Waals surface area contributed by atoms with E-state index >= 15 is 0 Å². The minimum Gasteiger partial charge on any atom is -0.493 e. The van der Waals surface area contributed by atoms with Crippen LogP contribution in [-0.4, -0.2) is 38.2 Å². The van der Waals surface area contributed by atoms with Crippen molar-refractivity contribution in [3.05, 3.63) is 66.2 Å². The first-order valence-electron chi connectivity index (χ1n) is 10.6. The van der Waals surface area contributed by atoms with E-state index in [-0.39, 0.29) is 5.41 Å². The zero-order valence-electron chi connectivity index (χ0n) is 19.3. The summed E-state index contributed by atoms with van der Waals surface area (Å²) >= 11 is 5.13. The van der Waals surface area contributed by atoms with Crippen LogP contribution in [0.3, 0.4) is 0 Å². The molecule has 0 amide bonds. The first-order chi connectivity index (χ1) is 15.3. The summed E-state index contributed by atoms with van der Waals surface area (Å²) in [5, 5.41) is 7.53. The zero-order valence-corrected chi connectivity index (χ0v) is 20.1. The number of thiocarbonyl (C=S) groups is 1. The predicted molar refractivity (Wildman–Crippen MR) is 135 cm³/mol. The molecule has 0 bridgehead atoms. The van der Waals surface area contributed by atoms with Gasteiger partial charge in [0.15, 0.2) is 16.6 Å². The second kappa shape index (κ2) is 12.7. The van der Waals surface area contributed by atoms with Gasteiger partial charge in [0, 0.05) is 18.5 Å². The topological polar surface area (TPSA) is 64.1 Å². The molecule has 0 heterocycles. The van der Waals surface area contributed by atoms with E-state index in [0.717, 1.165) is 17.7 Å². The van der Waals surface area contributed by atoms with E-state index in [1.54, 1.807) is 19.4 Å². The van der Waals surface area contributed by atoms with Crippen molar-refractivity contribution in [2.24, 2.45) is 5.10 Å². The number of hydrogen-bond donors (Lipinski definition) is 2. The summed E-state index contributed by atoms with van der Waals surface area (Å²) in [7, 11) is 1.61. The standard InChI is InChI=1S/C25H33N3O3S/c1-6-15-26-24(32)28-27-18-19-9-7-10-22(29-5)23(19)31-17-8-16-30-21-13-11-20(12-14-21)25(2,3)4/h6-7,9-14,18H,1,8,15-17H2,2-5H3,(H2,26,28,32)/b27-18+. The molecule has 0 radical (unpaired) electrons. The summed E-state index contributed by atoms with van der Waals surface area (Å²) in [6.45, 7) is 11.8. The van der Waals surface area contributed by atoms with Crippen molar-refractivity contribution >= 4 is 23.5 Å². The lowest BCUT2D eigenvalue weighted by atomic mass is 9.87. The number of nitrogens with one attached hydrogen (secondary N) is 2. The average Bonchev–Trinajstić information content (AvgIpc) is 2.77. The van der Waals surface area contributed by atoms with Crippen molar-refractivity contribution in [3.8, 4) is 17.2 Å². The quantitative estimate of drug-likeness (QED) is 0.166. The molecule has 0 spiro atoms. The minimum absolute atomic E-state index is 0.130. The Morgan fingerprint density at radius 1 is 1.09 bits per heavy atom. The number of hydrogen-bond acceptors (Lipinski definition) is 5. The smallest absolute Gasteiger partial charge is 0.187 e. The van der Waals surface area contributed by atoms with Crippen molar-refractivity contribution in [3.63, 3.8) is 0 Å². The molecule has 0 unspecified atom stereocenters. The highest BCUT2D eigenvalue weighted by molar-refractivity contribution is 7.80. The van der Waals surface area contributed by atoms with E-state index in [0.29, 0.717) is 36.4 Å². The fourth-order valence-corrected chi connectivity index (χ4v) is 2.92. The number of hydrazone groups is 1. The van der Waals surface area contributed by atoms with Crippen molar-refractivity contribution in [1.29, 1.82) is 0 Å². The third kappa shape index (κ3) is 8.23. The second-order valence-electron chi connectivity index (χ2n) is 8.07. The Morgan fingerprint density at radius 2 is 1.81 bits per heavy atom. The van der Waals surface area contributed by atoms with Gasteiger partial charge in [-0.3, -0.25) is 5.43 Å². The Labute approximate surface area is 196 Å². The van der Waals surface area contributed by atoms with E-state index in [4.69, 9.17) is 26.4 Å². The number of nitrogens with zero attached hydrogens (tertiary/aromatic N) is 1. The summed E-state index contributed by atoms with van der Waals surface area (Å²) < 4.78 is 17.3. The molecule has 32 heavy (non-hydrogen) atoms. The van der Waals surface area contributed by atoms with Gasteiger partial charge in [0.25, 0.3) is 0 Å². The molecule has 0 atom stereocenters. The van der Waals surface area contributed by atoms with Crippen LogP contribution >= 0.6 is 12.2 Å². The Morgan fingerprint density at radius 3 is 2.47 bits per heavy atom. The number of ether oxygens (including phenoxy) is 3. The van der Waals surface area contributed by atoms with Crippen LogP contribution < -0.4 is 25.0 Å². The van der Waals surface area contributed by atoms with E-state index in [1.807, 2.05) is 30.3 Å². The molecule has 0 aliphatic carbocycles. The Balaban J connectivity index is 1.87. The van der Waals surface area contributed by atoms with Gasteiger partial charge in [-0.25, -0.2) is 0 Å². The number of benzene rings is 2. The highest BCUT2D eigenvalue weighted by Gasteiger charge is 2.13. The van der Waals surface area contributed by atoms with Gasteiger partial charge in [-0.2, -0.15) is 5.10 Å². The van der Waals surface area contributed by atoms with Gasteiger partial charge in [-0.15, -0.1) is 6.58 Å². The summed E-state index contributed by atoms with van der Waals surface area (Å²) in [5.41, 5.74) is 4.96. The van der Waals surface area contributed by atoms with Gasteiger partial charge in [-0.1, -0.05) is 45.0 Å². The molecular weight excluding hydrogens is 422 g/mol. The molecule has 0 aliphatic heterocycles. The van der Waals surface area contributed by atoms with Crippen LogP contribution in [0.25, 0.3) is 0 Å². The fourth-order valence-electron chi connectivity index (χ4n) is 2.79. The summed E-state index contributed by atoms with van der Waals surface area (Å²) in [4.78, 5) is 0. The molecule has 0 fully saturated rings. The zero-order chi connectivity index (χ0) is 23.4. The highest BCUT2D eigenvalue weighted by atomic mass is 32.1. The molecule has 0 saturated heterocycles. The van der Waals surface area contributed by atoms with Gasteiger partial charge in [-0.05, 0) is 47.5 Å². The van der Waals surface area contributed by atoms with Crippen LogP contribution in [0.1, 0.15) is 38.3 Å². The molecule has 2 aromatic carbocycles. The van der Waals surface area contributed by atoms with E-state index in [2.05, 4.69) is 55.3 Å². The Bertz CT molecular complexity index is 906. The third-order valence-corrected chi connectivity index (χ3v) is 4.77. The fraction of sp³-hybridized carbons (Fsp3) is 0.360. The molecular formula is C25H33N3O3S. The van der Waals surface area contributed by atoms with Gasteiger partial charge in [0.2, 0.25) is 0 Å². The third-order valence-electron chi connectivity index (χ3n) is 4.53. The lowest BCUT2D eigenvalue weighted by molar-refractivity contribution is 0.240. The van der Waals surface area contributed by atoms with Gasteiger partial charge < -0.3 is 19.5 Å². The van der Waals surface area contributed by atoms with Crippen LogP contribution in [-0.2, 0) is 5.41 Å². The van der Waals surface area contributed by atoms with E-state index in [9.17, 15) is 0 Å². The van der Waals surface area contributed by atoms with Crippen molar-refractivity contribution < 1.29 is 14.2 Å². The van der Waals surface area contributed by atoms with Crippen LogP contribution in [0.4, 0.5) is 0 Å². The largest absolute Gasteiger partial charge is 0.493 e. The second-order valence-corrected chi connectivity index (χ2v) is 8.48. The molecule has 2 N–H and O–H groups in total. The molecule has 0 aliphatic rings. The lowest BCUT2D eigenvalue weighted by Crippen LogP contribution is -2.31. The average molecular weight is 456 g/mol. The normalized spacial score (nSPS) is 11.1. The molecule has 6 nitrogen and oxygen atoms in total. The van der Waals surface area contributed by atoms with E-state index < -0.39 is 0 Å². The molecule has 7 heteroatoms. The highest BCUT2D eigenvalue weighted by Crippen LogP contribution is 2.30. The van der Waals surface area contributed by atoms with E-state index in [1.165, 1.54) is 5.56 Å². The van der Waals surface area contributed by atoms with Crippen LogP contribution in [0.15, 0.2) is 60.2 Å². The maximum absolute atomic E-state index is 6.00. The number of methoxy groups -OCH3 is 1. The van der Waals surface area contributed by atoms with Crippen molar-refractivity contribution in [2.45, 2.75) is 32.6 Å². The van der Waals surface area contributed by atoms with Crippen LogP contribution in [0.5, 0.6) is 17.2 Å². The number of rotatable bonds is 11.